The molecule has 0 radical (unpaired) electrons. The average Bonchev–Trinajstić information content (AvgIpc) is 2.51. The minimum absolute atomic E-state index is 0.0102. The maximum Gasteiger partial charge on any atom is 0.325 e. The Bertz CT molecular complexity index is 693. The lowest BCUT2D eigenvalue weighted by Gasteiger charge is -2.28. The first kappa shape index (κ1) is 16.4. The van der Waals surface area contributed by atoms with Gasteiger partial charge in [-0.3, -0.25) is 14.9 Å². The summed E-state index contributed by atoms with van der Waals surface area (Å²) < 4.78 is 4.71. The molecule has 0 bridgehead atoms. The molecular weight excluding hydrogens is 298 g/mol. The summed E-state index contributed by atoms with van der Waals surface area (Å²) in [5, 5.41) is 10.7. The summed E-state index contributed by atoms with van der Waals surface area (Å²) in [6.45, 7) is 1.78. The Morgan fingerprint density at radius 3 is 2.70 bits per heavy atom. The van der Waals surface area contributed by atoms with Crippen molar-refractivity contribution in [3.63, 3.8) is 0 Å². The molecule has 0 unspecified atom stereocenters. The van der Waals surface area contributed by atoms with Gasteiger partial charge in [0.05, 0.1) is 12.0 Å². The first-order valence-corrected chi connectivity index (χ1v) is 6.99. The fourth-order valence-corrected chi connectivity index (χ4v) is 2.23. The second-order valence-corrected chi connectivity index (χ2v) is 4.98. The average molecular weight is 315 g/mol. The van der Waals surface area contributed by atoms with E-state index in [0.29, 0.717) is 18.0 Å². The van der Waals surface area contributed by atoms with Crippen molar-refractivity contribution in [1.82, 2.24) is 4.90 Å². The number of rotatable bonds is 5. The number of hydrogen-bond acceptors (Lipinski definition) is 6. The third-order valence-corrected chi connectivity index (χ3v) is 3.31. The monoisotopic (exact) mass is 315 g/mol. The van der Waals surface area contributed by atoms with Gasteiger partial charge in [-0.15, -0.1) is 0 Å². The zero-order valence-electron chi connectivity index (χ0n) is 12.9. The largest absolute Gasteiger partial charge is 0.468 e. The molecule has 23 heavy (non-hydrogen) atoms. The second-order valence-electron chi connectivity index (χ2n) is 4.98. The van der Waals surface area contributed by atoms with E-state index in [1.165, 1.54) is 7.11 Å². The summed E-state index contributed by atoms with van der Waals surface area (Å²) in [4.78, 5) is 27.8. The van der Waals surface area contributed by atoms with Crippen molar-refractivity contribution >= 4 is 11.8 Å². The Balaban J connectivity index is 2.34. The van der Waals surface area contributed by atoms with Crippen molar-refractivity contribution in [1.29, 1.82) is 0 Å². The third-order valence-electron chi connectivity index (χ3n) is 3.31. The summed E-state index contributed by atoms with van der Waals surface area (Å²) in [6.07, 6.45) is 2.88. The lowest BCUT2D eigenvalue weighted by molar-refractivity contribution is -0.403. The van der Waals surface area contributed by atoms with Gasteiger partial charge in [0.2, 0.25) is 0 Å². The molecule has 1 aliphatic rings. The van der Waals surface area contributed by atoms with Crippen LogP contribution in [-0.2, 0) is 16.0 Å². The number of carbonyl (C=O) groups is 1. The van der Waals surface area contributed by atoms with Crippen molar-refractivity contribution in [3.05, 3.63) is 69.7 Å². The van der Waals surface area contributed by atoms with E-state index in [0.717, 1.165) is 11.8 Å². The van der Waals surface area contributed by atoms with Crippen LogP contribution in [0.1, 0.15) is 12.5 Å². The Hall–Kier alpha value is -2.96. The summed E-state index contributed by atoms with van der Waals surface area (Å²) in [7, 11) is 1.32. The molecule has 0 spiro atoms. The number of amidine groups is 1. The van der Waals surface area contributed by atoms with Crippen LogP contribution in [0.15, 0.2) is 59.0 Å². The Morgan fingerprint density at radius 2 is 2.09 bits per heavy atom. The minimum atomic E-state index is -0.543. The highest BCUT2D eigenvalue weighted by atomic mass is 16.6. The fraction of sp³-hybridized carbons (Fsp3) is 0.250. The molecular formula is C16H17N3O4. The highest BCUT2D eigenvalue weighted by molar-refractivity contribution is 5.91. The van der Waals surface area contributed by atoms with Gasteiger partial charge in [-0.05, 0) is 18.6 Å². The predicted molar refractivity (Wildman–Crippen MR) is 85.1 cm³/mol. The quantitative estimate of drug-likeness (QED) is 0.472. The molecule has 1 aromatic rings. The molecule has 0 atom stereocenters. The van der Waals surface area contributed by atoms with Gasteiger partial charge in [-0.25, -0.2) is 4.99 Å². The van der Waals surface area contributed by atoms with Crippen LogP contribution in [0.25, 0.3) is 0 Å². The van der Waals surface area contributed by atoms with Crippen LogP contribution < -0.4 is 0 Å². The highest BCUT2D eigenvalue weighted by Crippen LogP contribution is 2.19. The first-order valence-electron chi connectivity index (χ1n) is 6.99. The van der Waals surface area contributed by atoms with Crippen molar-refractivity contribution in [2.45, 2.75) is 13.3 Å². The highest BCUT2D eigenvalue weighted by Gasteiger charge is 2.22. The molecule has 0 saturated heterocycles. The molecule has 1 aromatic carbocycles. The molecule has 0 N–H and O–H groups in total. The number of benzene rings is 1. The van der Waals surface area contributed by atoms with E-state index in [9.17, 15) is 14.9 Å². The number of ether oxygens (including phenoxy) is 1. The summed E-state index contributed by atoms with van der Waals surface area (Å²) in [5.74, 6) is 0.162. The van der Waals surface area contributed by atoms with Gasteiger partial charge in [0.1, 0.15) is 18.1 Å². The molecule has 0 aliphatic carbocycles. The second kappa shape index (κ2) is 7.35. The number of nitro groups is 1. The minimum Gasteiger partial charge on any atom is -0.468 e. The fourth-order valence-electron chi connectivity index (χ4n) is 2.23. The number of methoxy groups -OCH3 is 1. The van der Waals surface area contributed by atoms with Crippen LogP contribution in [0.4, 0.5) is 0 Å². The Labute approximate surface area is 133 Å². The lowest BCUT2D eigenvalue weighted by atomic mass is 10.1. The van der Waals surface area contributed by atoms with Gasteiger partial charge >= 0.3 is 5.97 Å². The number of allylic oxidation sites excluding steroid dienone is 2. The van der Waals surface area contributed by atoms with Crippen molar-refractivity contribution in [3.8, 4) is 0 Å². The SMILES string of the molecule is COC(=O)CN1C(C)=C/C(=C\[N+](=O)[O-])N=C1Cc1ccccc1. The zero-order chi connectivity index (χ0) is 16.8. The van der Waals surface area contributed by atoms with Crippen LogP contribution in [-0.4, -0.2) is 35.3 Å². The Kier molecular flexibility index (Phi) is 5.24. The van der Waals surface area contributed by atoms with E-state index in [4.69, 9.17) is 4.74 Å². The van der Waals surface area contributed by atoms with E-state index in [1.54, 1.807) is 17.9 Å². The summed E-state index contributed by atoms with van der Waals surface area (Å²) in [5.41, 5.74) is 1.94. The van der Waals surface area contributed by atoms with Crippen LogP contribution in [0.2, 0.25) is 0 Å². The molecule has 2 rings (SSSR count). The van der Waals surface area contributed by atoms with Gasteiger partial charge in [-0.1, -0.05) is 30.3 Å². The van der Waals surface area contributed by atoms with Gasteiger partial charge in [0.25, 0.3) is 6.20 Å². The molecule has 0 aromatic heterocycles. The zero-order valence-corrected chi connectivity index (χ0v) is 12.9. The first-order chi connectivity index (χ1) is 11.0. The summed E-state index contributed by atoms with van der Waals surface area (Å²) >= 11 is 0. The number of carbonyl (C=O) groups excluding carboxylic acids is 1. The normalized spacial score (nSPS) is 15.9. The smallest absolute Gasteiger partial charge is 0.325 e. The van der Waals surface area contributed by atoms with E-state index >= 15 is 0 Å². The molecule has 0 amide bonds. The number of hydrogen-bond donors (Lipinski definition) is 0. The van der Waals surface area contributed by atoms with Crippen molar-refractivity contribution in [2.75, 3.05) is 13.7 Å². The van der Waals surface area contributed by atoms with Crippen molar-refractivity contribution < 1.29 is 14.5 Å². The molecule has 120 valence electrons. The van der Waals surface area contributed by atoms with E-state index < -0.39 is 10.9 Å². The number of esters is 1. The van der Waals surface area contributed by atoms with Crippen LogP contribution >= 0.6 is 0 Å². The third kappa shape index (κ3) is 4.50. The topological polar surface area (TPSA) is 85.0 Å². The van der Waals surface area contributed by atoms with Gasteiger partial charge in [-0.2, -0.15) is 0 Å². The maximum absolute atomic E-state index is 11.6. The van der Waals surface area contributed by atoms with Crippen molar-refractivity contribution in [2.24, 2.45) is 4.99 Å². The van der Waals surface area contributed by atoms with Gasteiger partial charge < -0.3 is 9.64 Å². The molecule has 1 heterocycles. The van der Waals surface area contributed by atoms with E-state index in [2.05, 4.69) is 4.99 Å². The lowest BCUT2D eigenvalue weighted by Crippen LogP contribution is -2.37. The van der Waals surface area contributed by atoms with Crippen LogP contribution in [0.3, 0.4) is 0 Å². The van der Waals surface area contributed by atoms with E-state index in [-0.39, 0.29) is 12.2 Å². The molecule has 0 fully saturated rings. The predicted octanol–water partition coefficient (Wildman–Crippen LogP) is 2.14. The standard InChI is InChI=1S/C16H17N3O4/c1-12-8-14(10-19(21)22)17-15(18(12)11-16(20)23-2)9-13-6-4-3-5-7-13/h3-8,10H,9,11H2,1-2H3/b14-10+. The van der Waals surface area contributed by atoms with Crippen LogP contribution in [0, 0.1) is 10.1 Å². The molecule has 7 heteroatoms. The van der Waals surface area contributed by atoms with Gasteiger partial charge in [0.15, 0.2) is 0 Å². The summed E-state index contributed by atoms with van der Waals surface area (Å²) in [6, 6.07) is 9.58. The number of nitrogens with zero attached hydrogens (tertiary/aromatic N) is 3. The maximum atomic E-state index is 11.6. The van der Waals surface area contributed by atoms with E-state index in [1.807, 2.05) is 30.3 Å². The van der Waals surface area contributed by atoms with Gasteiger partial charge in [0, 0.05) is 12.1 Å². The van der Waals surface area contributed by atoms with Crippen LogP contribution in [0.5, 0.6) is 0 Å². The number of aliphatic imine (C=N–C) groups is 1. The molecule has 0 saturated carbocycles. The molecule has 1 aliphatic heterocycles. The molecule has 7 nitrogen and oxygen atoms in total. The Morgan fingerprint density at radius 1 is 1.39 bits per heavy atom.